The molecule has 1 heterocycles. The van der Waals surface area contributed by atoms with Gasteiger partial charge in [-0.1, -0.05) is 11.6 Å². The summed E-state index contributed by atoms with van der Waals surface area (Å²) in [6.07, 6.45) is 0. The van der Waals surface area contributed by atoms with Gasteiger partial charge in [-0.2, -0.15) is 26.9 Å². The lowest BCUT2D eigenvalue weighted by atomic mass is 10.2. The summed E-state index contributed by atoms with van der Waals surface area (Å²) in [6, 6.07) is 3.06. The zero-order valence-corrected chi connectivity index (χ0v) is 13.0. The Morgan fingerprint density at radius 2 is 1.88 bits per heavy atom. The molecule has 2 rings (SSSR count). The molecule has 0 saturated carbocycles. The summed E-state index contributed by atoms with van der Waals surface area (Å²) in [7, 11) is 1.14. The number of pyridine rings is 1. The summed E-state index contributed by atoms with van der Waals surface area (Å²) in [4.78, 5) is 14.7. The van der Waals surface area contributed by atoms with Crippen LogP contribution in [-0.4, -0.2) is 24.6 Å². The fourth-order valence-corrected chi connectivity index (χ4v) is 1.96. The topological polar surface area (TPSA) is 60.5 Å². The molecule has 0 bridgehead atoms. The Hall–Kier alpha value is -2.62. The first-order valence-electron chi connectivity index (χ1n) is 6.38. The minimum Gasteiger partial charge on any atom is -0.493 e. The quantitative estimate of drug-likeness (QED) is 0.627. The van der Waals surface area contributed by atoms with Crippen molar-refractivity contribution in [2.24, 2.45) is 0 Å². The van der Waals surface area contributed by atoms with Crippen molar-refractivity contribution >= 4 is 23.2 Å². The highest BCUT2D eigenvalue weighted by atomic mass is 35.5. The number of hydrogen-bond acceptors (Lipinski definition) is 4. The molecule has 5 nitrogen and oxygen atoms in total. The second-order valence-electron chi connectivity index (χ2n) is 4.39. The number of amides is 1. The van der Waals surface area contributed by atoms with Crippen molar-refractivity contribution < 1.29 is 36.2 Å². The Kier molecular flexibility index (Phi) is 5.62. The smallest absolute Gasteiger partial charge is 0.387 e. The molecular formula is C14H8ClF5N2O3. The third-order valence-electron chi connectivity index (χ3n) is 2.88. The SMILES string of the molecule is COc1cc(C(=O)Nc2c(F)c(F)nc(F)c2Cl)ccc1OC(F)F. The van der Waals surface area contributed by atoms with Gasteiger partial charge >= 0.3 is 6.61 Å². The molecule has 1 N–H and O–H groups in total. The minimum atomic E-state index is -3.12. The van der Waals surface area contributed by atoms with E-state index in [1.165, 1.54) is 0 Å². The predicted octanol–water partition coefficient (Wildman–Crippen LogP) is 4.01. The summed E-state index contributed by atoms with van der Waals surface area (Å²) in [5, 5.41) is 0.944. The van der Waals surface area contributed by atoms with Crippen molar-refractivity contribution in [2.45, 2.75) is 6.61 Å². The highest BCUT2D eigenvalue weighted by molar-refractivity contribution is 6.34. The average molecular weight is 383 g/mol. The molecule has 134 valence electrons. The molecule has 25 heavy (non-hydrogen) atoms. The molecule has 0 aliphatic rings. The number of alkyl halides is 2. The molecule has 0 fully saturated rings. The molecule has 1 aromatic carbocycles. The zero-order valence-electron chi connectivity index (χ0n) is 12.2. The first kappa shape index (κ1) is 18.7. The fourth-order valence-electron chi connectivity index (χ4n) is 1.78. The summed E-state index contributed by atoms with van der Waals surface area (Å²) < 4.78 is 73.5. The number of aromatic nitrogens is 1. The van der Waals surface area contributed by atoms with Crippen molar-refractivity contribution in [1.82, 2.24) is 4.98 Å². The molecule has 0 unspecified atom stereocenters. The molecule has 0 radical (unpaired) electrons. The molecule has 2 aromatic rings. The molecule has 11 heteroatoms. The number of ether oxygens (including phenoxy) is 2. The van der Waals surface area contributed by atoms with Crippen LogP contribution in [0.2, 0.25) is 5.02 Å². The highest BCUT2D eigenvalue weighted by Crippen LogP contribution is 2.31. The molecule has 0 aliphatic carbocycles. The first-order chi connectivity index (χ1) is 11.7. The van der Waals surface area contributed by atoms with E-state index in [0.29, 0.717) is 0 Å². The van der Waals surface area contributed by atoms with E-state index in [9.17, 15) is 26.7 Å². The normalized spacial score (nSPS) is 10.7. The number of rotatable bonds is 5. The number of hydrogen-bond donors (Lipinski definition) is 1. The summed E-state index contributed by atoms with van der Waals surface area (Å²) in [5.74, 6) is -6.58. The molecule has 0 spiro atoms. The first-order valence-corrected chi connectivity index (χ1v) is 6.76. The lowest BCUT2D eigenvalue weighted by Gasteiger charge is -2.12. The van der Waals surface area contributed by atoms with E-state index in [2.05, 4.69) is 9.72 Å². The maximum Gasteiger partial charge on any atom is 0.387 e. The van der Waals surface area contributed by atoms with Crippen LogP contribution in [0.5, 0.6) is 11.5 Å². The van der Waals surface area contributed by atoms with Gasteiger partial charge in [0.1, 0.15) is 10.7 Å². The zero-order chi connectivity index (χ0) is 18.7. The van der Waals surface area contributed by atoms with Crippen LogP contribution < -0.4 is 14.8 Å². The van der Waals surface area contributed by atoms with E-state index in [0.717, 1.165) is 25.3 Å². The van der Waals surface area contributed by atoms with Crippen molar-refractivity contribution in [3.05, 3.63) is 46.5 Å². The monoisotopic (exact) mass is 382 g/mol. The Bertz CT molecular complexity index is 793. The van der Waals surface area contributed by atoms with E-state index in [1.54, 1.807) is 0 Å². The maximum atomic E-state index is 13.6. The van der Waals surface area contributed by atoms with Gasteiger partial charge < -0.3 is 14.8 Å². The molecule has 0 saturated heterocycles. The van der Waals surface area contributed by atoms with Gasteiger partial charge in [-0.3, -0.25) is 4.79 Å². The standard InChI is InChI=1S/C14H8ClF5N2O3/c1-24-7-4-5(2-3-6(7)25-14(19)20)13(23)21-10-8(15)11(17)22-12(18)9(10)16/h2-4,14H,1H3,(H,21,22,23). The third kappa shape index (κ3) is 4.08. The summed E-state index contributed by atoms with van der Waals surface area (Å²) in [6.45, 7) is -3.12. The van der Waals surface area contributed by atoms with E-state index in [4.69, 9.17) is 16.3 Å². The van der Waals surface area contributed by atoms with Crippen LogP contribution in [0.3, 0.4) is 0 Å². The molecule has 0 atom stereocenters. The Morgan fingerprint density at radius 1 is 1.20 bits per heavy atom. The maximum absolute atomic E-state index is 13.6. The van der Waals surface area contributed by atoms with Crippen molar-refractivity contribution in [3.63, 3.8) is 0 Å². The van der Waals surface area contributed by atoms with Gasteiger partial charge in [-0.25, -0.2) is 0 Å². The minimum absolute atomic E-state index is 0.202. The van der Waals surface area contributed by atoms with E-state index >= 15 is 0 Å². The van der Waals surface area contributed by atoms with Crippen LogP contribution in [0, 0.1) is 17.7 Å². The fraction of sp³-hybridized carbons (Fsp3) is 0.143. The van der Waals surface area contributed by atoms with Crippen molar-refractivity contribution in [1.29, 1.82) is 0 Å². The Morgan fingerprint density at radius 3 is 2.48 bits per heavy atom. The van der Waals surface area contributed by atoms with Crippen LogP contribution in [0.25, 0.3) is 0 Å². The summed E-state index contributed by atoms with van der Waals surface area (Å²) >= 11 is 5.46. The second-order valence-corrected chi connectivity index (χ2v) is 4.77. The number of anilines is 1. The summed E-state index contributed by atoms with van der Waals surface area (Å²) in [5.41, 5.74) is -1.16. The molecular weight excluding hydrogens is 375 g/mol. The number of benzene rings is 1. The van der Waals surface area contributed by atoms with Gasteiger partial charge in [0.05, 0.1) is 7.11 Å². The predicted molar refractivity (Wildman–Crippen MR) is 76.7 cm³/mol. The van der Waals surface area contributed by atoms with Crippen LogP contribution in [0.1, 0.15) is 10.4 Å². The molecule has 0 aliphatic heterocycles. The van der Waals surface area contributed by atoms with Crippen molar-refractivity contribution in [2.75, 3.05) is 12.4 Å². The van der Waals surface area contributed by atoms with E-state index < -0.39 is 40.9 Å². The van der Waals surface area contributed by atoms with E-state index in [1.807, 2.05) is 5.32 Å². The highest BCUT2D eigenvalue weighted by Gasteiger charge is 2.22. The number of nitrogens with one attached hydrogen (secondary N) is 1. The van der Waals surface area contributed by atoms with Gasteiger partial charge in [0.2, 0.25) is 11.8 Å². The van der Waals surface area contributed by atoms with E-state index in [-0.39, 0.29) is 17.1 Å². The molecule has 1 amide bonds. The Labute approximate surface area is 142 Å². The number of methoxy groups -OCH3 is 1. The second kappa shape index (κ2) is 7.51. The van der Waals surface area contributed by atoms with Crippen LogP contribution in [-0.2, 0) is 0 Å². The van der Waals surface area contributed by atoms with Gasteiger partial charge in [0, 0.05) is 5.56 Å². The van der Waals surface area contributed by atoms with Crippen molar-refractivity contribution in [3.8, 4) is 11.5 Å². The number of nitrogens with zero attached hydrogens (tertiary/aromatic N) is 1. The van der Waals surface area contributed by atoms with Gasteiger partial charge in [-0.05, 0) is 18.2 Å². The average Bonchev–Trinajstić information content (AvgIpc) is 2.56. The number of carbonyl (C=O) groups excluding carboxylic acids is 1. The number of carbonyl (C=O) groups is 1. The third-order valence-corrected chi connectivity index (χ3v) is 3.22. The van der Waals surface area contributed by atoms with Gasteiger partial charge in [-0.15, -0.1) is 0 Å². The largest absolute Gasteiger partial charge is 0.493 e. The Balaban J connectivity index is 2.33. The lowest BCUT2D eigenvalue weighted by Crippen LogP contribution is -2.15. The molecule has 1 aromatic heterocycles. The number of halogens is 6. The lowest BCUT2D eigenvalue weighted by molar-refractivity contribution is -0.0512. The van der Waals surface area contributed by atoms with Gasteiger partial charge in [0.15, 0.2) is 11.5 Å². The van der Waals surface area contributed by atoms with Crippen LogP contribution in [0.4, 0.5) is 27.6 Å². The van der Waals surface area contributed by atoms with Crippen LogP contribution >= 0.6 is 11.6 Å². The van der Waals surface area contributed by atoms with Gasteiger partial charge in [0.25, 0.3) is 11.9 Å². The van der Waals surface area contributed by atoms with Crippen LogP contribution in [0.15, 0.2) is 18.2 Å².